The highest BCUT2D eigenvalue weighted by Gasteiger charge is 2.16. The highest BCUT2D eigenvalue weighted by molar-refractivity contribution is 5.75. The van der Waals surface area contributed by atoms with Crippen LogP contribution in [0.25, 0.3) is 0 Å². The first kappa shape index (κ1) is 13.5. The molecule has 0 aliphatic carbocycles. The first-order valence-corrected chi connectivity index (χ1v) is 6.48. The van der Waals surface area contributed by atoms with E-state index in [9.17, 15) is 4.79 Å². The summed E-state index contributed by atoms with van der Waals surface area (Å²) < 4.78 is 0. The van der Waals surface area contributed by atoms with Crippen LogP contribution in [0.1, 0.15) is 45.4 Å². The number of nitrogens with zero attached hydrogens (tertiary/aromatic N) is 1. The number of hydrogen-bond acceptors (Lipinski definition) is 3. The minimum Gasteiger partial charge on any atom is -0.303 e. The van der Waals surface area contributed by atoms with Crippen LogP contribution < -0.4 is 11.3 Å². The van der Waals surface area contributed by atoms with E-state index in [2.05, 4.69) is 17.2 Å². The second-order valence-corrected chi connectivity index (χ2v) is 4.74. The van der Waals surface area contributed by atoms with Gasteiger partial charge in [-0.2, -0.15) is 0 Å². The van der Waals surface area contributed by atoms with E-state index in [0.717, 1.165) is 25.6 Å². The van der Waals surface area contributed by atoms with Crippen molar-refractivity contribution >= 4 is 5.91 Å². The molecule has 0 aromatic carbocycles. The van der Waals surface area contributed by atoms with Gasteiger partial charge in [-0.1, -0.05) is 19.8 Å². The molecule has 0 radical (unpaired) electrons. The second-order valence-electron chi connectivity index (χ2n) is 4.74. The molecule has 1 rings (SSSR count). The van der Waals surface area contributed by atoms with Gasteiger partial charge in [0.15, 0.2) is 0 Å². The molecule has 3 N–H and O–H groups in total. The summed E-state index contributed by atoms with van der Waals surface area (Å²) in [6, 6.07) is 0. The van der Waals surface area contributed by atoms with Crippen molar-refractivity contribution in [3.05, 3.63) is 0 Å². The van der Waals surface area contributed by atoms with Crippen LogP contribution in [-0.4, -0.2) is 30.4 Å². The first-order chi connectivity index (χ1) is 7.76. The van der Waals surface area contributed by atoms with E-state index in [1.807, 2.05) is 0 Å². The Labute approximate surface area is 98.5 Å². The van der Waals surface area contributed by atoms with E-state index in [1.165, 1.54) is 32.1 Å². The number of nitrogens with one attached hydrogen (secondary N) is 1. The lowest BCUT2D eigenvalue weighted by molar-refractivity contribution is -0.121. The van der Waals surface area contributed by atoms with Crippen molar-refractivity contribution in [3.8, 4) is 0 Å². The van der Waals surface area contributed by atoms with Crippen LogP contribution in [0.4, 0.5) is 0 Å². The van der Waals surface area contributed by atoms with Crippen LogP contribution in [-0.2, 0) is 4.79 Å². The Hall–Kier alpha value is -0.610. The molecule has 16 heavy (non-hydrogen) atoms. The Morgan fingerprint density at radius 2 is 2.25 bits per heavy atom. The number of carbonyl (C=O) groups is 1. The van der Waals surface area contributed by atoms with Gasteiger partial charge in [0.2, 0.25) is 5.91 Å². The van der Waals surface area contributed by atoms with Crippen molar-refractivity contribution in [2.75, 3.05) is 19.6 Å². The Kier molecular flexibility index (Phi) is 6.42. The summed E-state index contributed by atoms with van der Waals surface area (Å²) in [5.74, 6) is 5.90. The van der Waals surface area contributed by atoms with Crippen LogP contribution in [0.2, 0.25) is 0 Å². The summed E-state index contributed by atoms with van der Waals surface area (Å²) in [6.45, 7) is 5.39. The molecule has 1 aliphatic rings. The Bertz CT molecular complexity index is 208. The fourth-order valence-electron chi connectivity index (χ4n) is 2.48. The van der Waals surface area contributed by atoms with Gasteiger partial charge in [0.05, 0.1) is 0 Å². The third-order valence-corrected chi connectivity index (χ3v) is 3.45. The molecule has 0 bridgehead atoms. The number of rotatable bonds is 5. The van der Waals surface area contributed by atoms with Gasteiger partial charge in [-0.3, -0.25) is 10.2 Å². The zero-order chi connectivity index (χ0) is 11.8. The zero-order valence-corrected chi connectivity index (χ0v) is 10.4. The summed E-state index contributed by atoms with van der Waals surface area (Å²) >= 11 is 0. The average Bonchev–Trinajstić information content (AvgIpc) is 2.52. The summed E-state index contributed by atoms with van der Waals surface area (Å²) in [4.78, 5) is 13.4. The maximum Gasteiger partial charge on any atom is 0.235 e. The van der Waals surface area contributed by atoms with E-state index in [1.54, 1.807) is 0 Å². The second kappa shape index (κ2) is 7.63. The van der Waals surface area contributed by atoms with E-state index in [0.29, 0.717) is 6.42 Å². The van der Waals surface area contributed by atoms with Gasteiger partial charge in [0, 0.05) is 13.0 Å². The lowest BCUT2D eigenvalue weighted by Gasteiger charge is -2.19. The molecule has 94 valence electrons. The molecule has 1 amide bonds. The molecule has 0 aromatic heterocycles. The third kappa shape index (κ3) is 4.94. The Morgan fingerprint density at radius 1 is 1.44 bits per heavy atom. The van der Waals surface area contributed by atoms with E-state index in [-0.39, 0.29) is 5.91 Å². The number of hydrazine groups is 1. The van der Waals surface area contributed by atoms with Crippen LogP contribution in [0.3, 0.4) is 0 Å². The van der Waals surface area contributed by atoms with Gasteiger partial charge >= 0.3 is 0 Å². The van der Waals surface area contributed by atoms with Gasteiger partial charge in [0.25, 0.3) is 0 Å². The van der Waals surface area contributed by atoms with Crippen LogP contribution >= 0.6 is 0 Å². The summed E-state index contributed by atoms with van der Waals surface area (Å²) in [7, 11) is 0. The van der Waals surface area contributed by atoms with Crippen LogP contribution in [0, 0.1) is 5.92 Å². The number of nitrogens with two attached hydrogens (primary N) is 1. The molecule has 1 fully saturated rings. The fraction of sp³-hybridized carbons (Fsp3) is 0.917. The van der Waals surface area contributed by atoms with Gasteiger partial charge in [-0.15, -0.1) is 0 Å². The predicted molar refractivity (Wildman–Crippen MR) is 65.6 cm³/mol. The normalized spacial score (nSPS) is 22.8. The molecule has 0 spiro atoms. The smallest absolute Gasteiger partial charge is 0.235 e. The maximum atomic E-state index is 11.0. The maximum absolute atomic E-state index is 11.0. The monoisotopic (exact) mass is 227 g/mol. The molecular formula is C12H25N3O. The van der Waals surface area contributed by atoms with Gasteiger partial charge in [0.1, 0.15) is 0 Å². The number of likely N-dealkylation sites (tertiary alicyclic amines) is 1. The molecule has 1 aliphatic heterocycles. The molecule has 1 saturated heterocycles. The summed E-state index contributed by atoms with van der Waals surface area (Å²) in [6.07, 6.45) is 7.09. The molecule has 1 atom stereocenters. The largest absolute Gasteiger partial charge is 0.303 e. The Morgan fingerprint density at radius 3 is 2.94 bits per heavy atom. The number of amides is 1. The zero-order valence-electron chi connectivity index (χ0n) is 10.4. The van der Waals surface area contributed by atoms with Gasteiger partial charge in [-0.05, 0) is 38.3 Å². The molecule has 4 nitrogen and oxygen atoms in total. The highest BCUT2D eigenvalue weighted by atomic mass is 16.2. The van der Waals surface area contributed by atoms with E-state index < -0.39 is 0 Å². The van der Waals surface area contributed by atoms with Crippen molar-refractivity contribution in [3.63, 3.8) is 0 Å². The molecule has 0 saturated carbocycles. The minimum absolute atomic E-state index is 0.0608. The van der Waals surface area contributed by atoms with Crippen molar-refractivity contribution in [2.24, 2.45) is 11.8 Å². The summed E-state index contributed by atoms with van der Waals surface area (Å²) in [5, 5.41) is 0. The minimum atomic E-state index is -0.0608. The SMILES string of the molecule is CCCC1CCCN(CCC(=O)NN)CC1. The molecular weight excluding hydrogens is 202 g/mol. The third-order valence-electron chi connectivity index (χ3n) is 3.45. The molecule has 1 heterocycles. The van der Waals surface area contributed by atoms with Crippen molar-refractivity contribution in [1.82, 2.24) is 10.3 Å². The quantitative estimate of drug-likeness (QED) is 0.422. The molecule has 0 aromatic rings. The molecule has 1 unspecified atom stereocenters. The highest BCUT2D eigenvalue weighted by Crippen LogP contribution is 2.21. The predicted octanol–water partition coefficient (Wildman–Crippen LogP) is 1.27. The topological polar surface area (TPSA) is 58.4 Å². The van der Waals surface area contributed by atoms with E-state index >= 15 is 0 Å². The number of hydrogen-bond donors (Lipinski definition) is 2. The first-order valence-electron chi connectivity index (χ1n) is 6.48. The average molecular weight is 227 g/mol. The van der Waals surface area contributed by atoms with Crippen LogP contribution in [0.15, 0.2) is 0 Å². The van der Waals surface area contributed by atoms with Crippen LogP contribution in [0.5, 0.6) is 0 Å². The molecule has 4 heteroatoms. The van der Waals surface area contributed by atoms with Gasteiger partial charge in [-0.25, -0.2) is 5.84 Å². The standard InChI is InChI=1S/C12H25N3O/c1-2-4-11-5-3-8-15(9-6-11)10-7-12(16)14-13/h11H,2-10,13H2,1H3,(H,14,16). The Balaban J connectivity index is 2.22. The van der Waals surface area contributed by atoms with Crippen molar-refractivity contribution in [1.29, 1.82) is 0 Å². The lowest BCUT2D eigenvalue weighted by atomic mass is 9.96. The summed E-state index contributed by atoms with van der Waals surface area (Å²) in [5.41, 5.74) is 2.18. The van der Waals surface area contributed by atoms with Crippen molar-refractivity contribution < 1.29 is 4.79 Å². The fourth-order valence-corrected chi connectivity index (χ4v) is 2.48. The van der Waals surface area contributed by atoms with Gasteiger partial charge < -0.3 is 4.90 Å². The van der Waals surface area contributed by atoms with Crippen molar-refractivity contribution in [2.45, 2.75) is 45.4 Å². The van der Waals surface area contributed by atoms with E-state index in [4.69, 9.17) is 5.84 Å². The number of carbonyl (C=O) groups excluding carboxylic acids is 1. The lowest BCUT2D eigenvalue weighted by Crippen LogP contribution is -2.34.